The summed E-state index contributed by atoms with van der Waals surface area (Å²) in [5.74, 6) is -0.0843. The number of hydrogen-bond donors (Lipinski definition) is 2. The first kappa shape index (κ1) is 15.3. The van der Waals surface area contributed by atoms with Gasteiger partial charge >= 0.3 is 0 Å². The molecule has 2 rings (SSSR count). The van der Waals surface area contributed by atoms with E-state index in [2.05, 4.69) is 10.3 Å². The molecule has 0 aliphatic rings. The predicted molar refractivity (Wildman–Crippen MR) is 82.4 cm³/mol. The summed E-state index contributed by atoms with van der Waals surface area (Å²) in [7, 11) is 0. The number of pyridine rings is 1. The maximum atomic E-state index is 11.9. The number of amides is 1. The fourth-order valence-corrected chi connectivity index (χ4v) is 2.22. The minimum Gasteiger partial charge on any atom is -0.506 e. The third-order valence-corrected chi connectivity index (χ3v) is 3.51. The van der Waals surface area contributed by atoms with Crippen LogP contribution in [0.4, 0.5) is 0 Å². The van der Waals surface area contributed by atoms with E-state index in [1.165, 1.54) is 6.07 Å². The second kappa shape index (κ2) is 6.59. The number of hydrogen-bond acceptors (Lipinski definition) is 3. The van der Waals surface area contributed by atoms with E-state index in [0.717, 1.165) is 22.4 Å². The number of phenolic OH excluding ortho intramolecular Hbond substituents is 1. The zero-order chi connectivity index (χ0) is 15.4. The van der Waals surface area contributed by atoms with Gasteiger partial charge in [-0.25, -0.2) is 0 Å². The quantitative estimate of drug-likeness (QED) is 0.913. The van der Waals surface area contributed by atoms with Gasteiger partial charge in [0, 0.05) is 18.4 Å². The van der Waals surface area contributed by atoms with Gasteiger partial charge in [-0.1, -0.05) is 17.7 Å². The molecule has 0 bridgehead atoms. The number of halogens is 1. The molecule has 1 aromatic heterocycles. The molecule has 0 atom stereocenters. The number of rotatable bonds is 4. The highest BCUT2D eigenvalue weighted by Gasteiger charge is 2.07. The topological polar surface area (TPSA) is 62.2 Å². The van der Waals surface area contributed by atoms with E-state index in [-0.39, 0.29) is 23.1 Å². The molecule has 0 saturated heterocycles. The Hall–Kier alpha value is -2.07. The molecule has 0 spiro atoms. The molecule has 21 heavy (non-hydrogen) atoms. The molecule has 0 unspecified atom stereocenters. The largest absolute Gasteiger partial charge is 0.506 e. The summed E-state index contributed by atoms with van der Waals surface area (Å²) in [6, 6.07) is 6.74. The lowest BCUT2D eigenvalue weighted by atomic mass is 10.1. The van der Waals surface area contributed by atoms with Gasteiger partial charge in [-0.15, -0.1) is 0 Å². The van der Waals surface area contributed by atoms with E-state index in [9.17, 15) is 9.90 Å². The number of nitrogens with zero attached hydrogens (tertiary/aromatic N) is 1. The van der Waals surface area contributed by atoms with Crippen molar-refractivity contribution in [2.75, 3.05) is 0 Å². The molecule has 2 N–H and O–H groups in total. The highest BCUT2D eigenvalue weighted by atomic mass is 35.5. The predicted octanol–water partition coefficient (Wildman–Crippen LogP) is 2.92. The van der Waals surface area contributed by atoms with Gasteiger partial charge < -0.3 is 10.4 Å². The maximum absolute atomic E-state index is 11.9. The first-order valence-electron chi connectivity index (χ1n) is 6.62. The molecule has 0 aliphatic carbocycles. The van der Waals surface area contributed by atoms with Crippen LogP contribution in [0.1, 0.15) is 22.4 Å². The summed E-state index contributed by atoms with van der Waals surface area (Å²) in [6.45, 7) is 4.38. The molecular formula is C16H17ClN2O2. The van der Waals surface area contributed by atoms with Gasteiger partial charge in [-0.05, 0) is 48.7 Å². The normalized spacial score (nSPS) is 10.4. The number of aryl methyl sites for hydroxylation is 2. The Labute approximate surface area is 128 Å². The second-order valence-corrected chi connectivity index (χ2v) is 5.40. The molecule has 2 aromatic rings. The Balaban J connectivity index is 1.94. The van der Waals surface area contributed by atoms with Crippen LogP contribution in [0.5, 0.6) is 5.75 Å². The van der Waals surface area contributed by atoms with Crippen LogP contribution in [0.2, 0.25) is 5.02 Å². The van der Waals surface area contributed by atoms with Crippen molar-refractivity contribution in [3.63, 3.8) is 0 Å². The lowest BCUT2D eigenvalue weighted by Crippen LogP contribution is -2.25. The van der Waals surface area contributed by atoms with E-state index in [1.807, 2.05) is 19.9 Å². The summed E-state index contributed by atoms with van der Waals surface area (Å²) in [4.78, 5) is 16.1. The Morgan fingerprint density at radius 3 is 2.76 bits per heavy atom. The Morgan fingerprint density at radius 2 is 2.10 bits per heavy atom. The number of phenols is 1. The molecule has 4 nitrogen and oxygen atoms in total. The van der Waals surface area contributed by atoms with E-state index < -0.39 is 0 Å². The monoisotopic (exact) mass is 304 g/mol. The number of carbonyl (C=O) groups is 1. The molecule has 0 radical (unpaired) electrons. The Kier molecular flexibility index (Phi) is 4.81. The standard InChI is InChI=1S/C16H17ClN2O2/c1-10-5-11(2)18-8-13(10)9-19-16(21)7-12-3-4-15(20)14(17)6-12/h3-6,8,20H,7,9H2,1-2H3,(H,19,21). The van der Waals surface area contributed by atoms with Crippen molar-refractivity contribution >= 4 is 17.5 Å². The maximum Gasteiger partial charge on any atom is 0.224 e. The van der Waals surface area contributed by atoms with Crippen molar-refractivity contribution in [2.24, 2.45) is 0 Å². The molecule has 5 heteroatoms. The third-order valence-electron chi connectivity index (χ3n) is 3.21. The van der Waals surface area contributed by atoms with E-state index in [4.69, 9.17) is 11.6 Å². The average Bonchev–Trinajstić information content (AvgIpc) is 2.42. The number of aromatic hydroxyl groups is 1. The van der Waals surface area contributed by atoms with E-state index in [0.29, 0.717) is 6.54 Å². The van der Waals surface area contributed by atoms with Crippen LogP contribution in [-0.2, 0) is 17.8 Å². The van der Waals surface area contributed by atoms with Crippen LogP contribution < -0.4 is 5.32 Å². The summed E-state index contributed by atoms with van der Waals surface area (Å²) in [6.07, 6.45) is 2.00. The molecule has 1 amide bonds. The number of aromatic nitrogens is 1. The first-order chi connectivity index (χ1) is 9.95. The minimum absolute atomic E-state index is 0.0159. The molecule has 110 valence electrons. The van der Waals surface area contributed by atoms with Gasteiger partial charge in [0.05, 0.1) is 11.4 Å². The molecule has 0 saturated carbocycles. The fraction of sp³-hybridized carbons (Fsp3) is 0.250. The third kappa shape index (κ3) is 4.20. The van der Waals surface area contributed by atoms with Crippen LogP contribution >= 0.6 is 11.6 Å². The average molecular weight is 305 g/mol. The van der Waals surface area contributed by atoms with Crippen LogP contribution in [-0.4, -0.2) is 16.0 Å². The highest BCUT2D eigenvalue weighted by Crippen LogP contribution is 2.23. The van der Waals surface area contributed by atoms with Crippen LogP contribution in [0, 0.1) is 13.8 Å². The fourth-order valence-electron chi connectivity index (χ4n) is 2.01. The van der Waals surface area contributed by atoms with Gasteiger partial charge in [0.25, 0.3) is 0 Å². The number of nitrogens with one attached hydrogen (secondary N) is 1. The summed E-state index contributed by atoms with van der Waals surface area (Å²) in [5.41, 5.74) is 3.82. The molecule has 0 aliphatic heterocycles. The first-order valence-corrected chi connectivity index (χ1v) is 6.99. The van der Waals surface area contributed by atoms with Gasteiger partial charge in [-0.2, -0.15) is 0 Å². The lowest BCUT2D eigenvalue weighted by molar-refractivity contribution is -0.120. The summed E-state index contributed by atoms with van der Waals surface area (Å²) in [5, 5.41) is 12.4. The van der Waals surface area contributed by atoms with Crippen molar-refractivity contribution in [3.8, 4) is 5.75 Å². The van der Waals surface area contributed by atoms with Crippen LogP contribution in [0.15, 0.2) is 30.5 Å². The second-order valence-electron chi connectivity index (χ2n) is 4.99. The SMILES string of the molecule is Cc1cc(C)c(CNC(=O)Cc2ccc(O)c(Cl)c2)cn1. The van der Waals surface area contributed by atoms with Crippen molar-refractivity contribution < 1.29 is 9.90 Å². The zero-order valence-corrected chi connectivity index (χ0v) is 12.7. The van der Waals surface area contributed by atoms with Crippen molar-refractivity contribution in [3.05, 3.63) is 57.9 Å². The Bertz CT molecular complexity index is 671. The number of carbonyl (C=O) groups excluding carboxylic acids is 1. The van der Waals surface area contributed by atoms with Gasteiger partial charge in [0.1, 0.15) is 5.75 Å². The molecule has 1 heterocycles. The smallest absolute Gasteiger partial charge is 0.224 e. The molecular weight excluding hydrogens is 288 g/mol. The van der Waals surface area contributed by atoms with Gasteiger partial charge in [0.2, 0.25) is 5.91 Å². The highest BCUT2D eigenvalue weighted by molar-refractivity contribution is 6.32. The van der Waals surface area contributed by atoms with Crippen molar-refractivity contribution in [1.29, 1.82) is 0 Å². The van der Waals surface area contributed by atoms with Gasteiger partial charge in [-0.3, -0.25) is 9.78 Å². The molecule has 1 aromatic carbocycles. The van der Waals surface area contributed by atoms with Crippen molar-refractivity contribution in [1.82, 2.24) is 10.3 Å². The van der Waals surface area contributed by atoms with E-state index >= 15 is 0 Å². The lowest BCUT2D eigenvalue weighted by Gasteiger charge is -2.09. The zero-order valence-electron chi connectivity index (χ0n) is 12.0. The van der Waals surface area contributed by atoms with Gasteiger partial charge in [0.15, 0.2) is 0 Å². The summed E-state index contributed by atoms with van der Waals surface area (Å²) < 4.78 is 0. The van der Waals surface area contributed by atoms with E-state index in [1.54, 1.807) is 18.3 Å². The molecule has 0 fully saturated rings. The van der Waals surface area contributed by atoms with Crippen LogP contribution in [0.3, 0.4) is 0 Å². The van der Waals surface area contributed by atoms with Crippen LogP contribution in [0.25, 0.3) is 0 Å². The number of benzene rings is 1. The Morgan fingerprint density at radius 1 is 1.33 bits per heavy atom. The van der Waals surface area contributed by atoms with Crippen molar-refractivity contribution in [2.45, 2.75) is 26.8 Å². The summed E-state index contributed by atoms with van der Waals surface area (Å²) >= 11 is 5.82. The minimum atomic E-state index is -0.100.